The van der Waals surface area contributed by atoms with Gasteiger partial charge in [0.2, 0.25) is 17.7 Å². The van der Waals surface area contributed by atoms with E-state index >= 15 is 0 Å². The molecule has 4 N–H and O–H groups in total. The molecule has 2 saturated heterocycles. The fourth-order valence-electron chi connectivity index (χ4n) is 7.94. The molecule has 61 heavy (non-hydrogen) atoms. The Kier molecular flexibility index (Phi) is 13.4. The molecule has 8 rings (SSSR count). The minimum Gasteiger partial charge on any atom is -0.489 e. The molecular formula is C45H50F2N8O6. The number of nitrogens with one attached hydrogen (secondary N) is 4. The van der Waals surface area contributed by atoms with Gasteiger partial charge in [-0.1, -0.05) is 43.5 Å². The number of aromatic amines is 2. The predicted molar refractivity (Wildman–Crippen MR) is 225 cm³/mol. The Hall–Kier alpha value is -6.58. The minimum absolute atomic E-state index is 0.00687. The molecule has 16 heteroatoms. The minimum atomic E-state index is -2.73. The number of ether oxygens (including phenoxy) is 2. The van der Waals surface area contributed by atoms with Crippen molar-refractivity contribution in [3.63, 3.8) is 0 Å². The fraction of sp³-hybridized carbons (Fsp3) is 0.378. The van der Waals surface area contributed by atoms with Crippen molar-refractivity contribution in [3.05, 3.63) is 109 Å². The number of hydrogen-bond donors (Lipinski definition) is 4. The summed E-state index contributed by atoms with van der Waals surface area (Å²) in [5, 5.41) is 6.98. The molecule has 0 bridgehead atoms. The smallest absolute Gasteiger partial charge is 0.253 e. The van der Waals surface area contributed by atoms with Crippen LogP contribution in [0.15, 0.2) is 92.6 Å². The summed E-state index contributed by atoms with van der Waals surface area (Å²) in [5.41, 5.74) is 3.09. The van der Waals surface area contributed by atoms with E-state index in [9.17, 15) is 28.0 Å². The standard InChI is InChI=1S/C23H24N4O3.C22H26F2N4O3/c1-2-21(28)27-10-8-17(9-11-27)30-18-12-19-20(15-25-22(19)24-14-18)23(29)26-13-16-6-4-3-5-7-16;1-2-19(29)28-8-5-15(6-9-28)31-16-10-17-18(13-26-20(17)25-12-16)21(30)27-14-4-3-7-22(23,24)11-14/h2-7,12,14-15,17H,1,8-11,13H2,(H,24,25)(H,26,29);2,10,12-15H,1,3-9,11H2,(H,25,26)(H,27,30). The van der Waals surface area contributed by atoms with Gasteiger partial charge in [-0.2, -0.15) is 0 Å². The van der Waals surface area contributed by atoms with Crippen molar-refractivity contribution in [2.45, 2.75) is 82.1 Å². The number of aromatic nitrogens is 4. The normalized spacial score (nSPS) is 18.1. The Morgan fingerprint density at radius 2 is 1.28 bits per heavy atom. The summed E-state index contributed by atoms with van der Waals surface area (Å²) >= 11 is 0. The molecule has 2 aliphatic heterocycles. The maximum atomic E-state index is 13.7. The topological polar surface area (TPSA) is 175 Å². The SMILES string of the molecule is C=CC(=O)N1CCC(Oc2cnc3[nH]cc(C(=O)NC4CCCC(F)(F)C4)c3c2)CC1.C=CC(=O)N1CCC(Oc2cnc3[nH]cc(C(=O)NCc4ccccc4)c3c2)CC1. The van der Waals surface area contributed by atoms with Crippen LogP contribution in [0.5, 0.6) is 11.5 Å². The highest BCUT2D eigenvalue weighted by molar-refractivity contribution is 6.07. The number of pyridine rings is 2. The van der Waals surface area contributed by atoms with Gasteiger partial charge in [0.15, 0.2) is 0 Å². The third-order valence-electron chi connectivity index (χ3n) is 11.2. The average Bonchev–Trinajstić information content (AvgIpc) is 3.90. The van der Waals surface area contributed by atoms with Crippen molar-refractivity contribution in [1.82, 2.24) is 40.4 Å². The quantitative estimate of drug-likeness (QED) is 0.110. The lowest BCUT2D eigenvalue weighted by atomic mass is 9.92. The van der Waals surface area contributed by atoms with Crippen molar-refractivity contribution < 1.29 is 37.4 Å². The van der Waals surface area contributed by atoms with Gasteiger partial charge in [-0.25, -0.2) is 18.7 Å². The van der Waals surface area contributed by atoms with E-state index in [1.807, 2.05) is 36.4 Å². The number of likely N-dealkylation sites (tertiary alicyclic amines) is 2. The van der Waals surface area contributed by atoms with E-state index in [1.165, 1.54) is 18.3 Å². The van der Waals surface area contributed by atoms with Crippen LogP contribution in [0.25, 0.3) is 22.1 Å². The summed E-state index contributed by atoms with van der Waals surface area (Å²) in [6.07, 6.45) is 12.4. The number of fused-ring (bicyclic) bond motifs is 2. The molecule has 3 fully saturated rings. The lowest BCUT2D eigenvalue weighted by Crippen LogP contribution is -2.42. The number of carbonyl (C=O) groups excluding carboxylic acids is 4. The Balaban J connectivity index is 0.000000184. The highest BCUT2D eigenvalue weighted by Crippen LogP contribution is 2.34. The van der Waals surface area contributed by atoms with Crippen molar-refractivity contribution >= 4 is 45.7 Å². The number of piperidine rings is 2. The van der Waals surface area contributed by atoms with Gasteiger partial charge in [-0.05, 0) is 42.7 Å². The summed E-state index contributed by atoms with van der Waals surface area (Å²) in [6.45, 7) is 9.97. The van der Waals surface area contributed by atoms with Gasteiger partial charge in [0.25, 0.3) is 11.8 Å². The molecular weight excluding hydrogens is 787 g/mol. The lowest BCUT2D eigenvalue weighted by molar-refractivity contribution is -0.128. The Bertz CT molecular complexity index is 2370. The molecule has 4 aromatic heterocycles. The van der Waals surface area contributed by atoms with Crippen molar-refractivity contribution in [1.29, 1.82) is 0 Å². The zero-order valence-corrected chi connectivity index (χ0v) is 33.8. The maximum absolute atomic E-state index is 13.7. The van der Waals surface area contributed by atoms with Crippen LogP contribution >= 0.6 is 0 Å². The zero-order chi connectivity index (χ0) is 42.9. The second-order valence-corrected chi connectivity index (χ2v) is 15.5. The van der Waals surface area contributed by atoms with Crippen molar-refractivity contribution in [2.75, 3.05) is 26.2 Å². The van der Waals surface area contributed by atoms with Crippen LogP contribution in [-0.2, 0) is 16.1 Å². The van der Waals surface area contributed by atoms with E-state index in [0.29, 0.717) is 97.7 Å². The molecule has 5 aromatic rings. The number of nitrogens with zero attached hydrogens (tertiary/aromatic N) is 4. The Morgan fingerprint density at radius 1 is 0.770 bits per heavy atom. The second kappa shape index (κ2) is 19.2. The third kappa shape index (κ3) is 10.8. The van der Waals surface area contributed by atoms with Crippen LogP contribution < -0.4 is 20.1 Å². The van der Waals surface area contributed by atoms with E-state index in [0.717, 1.165) is 23.8 Å². The Morgan fingerprint density at radius 3 is 1.77 bits per heavy atom. The molecule has 4 amide bonds. The number of amides is 4. The van der Waals surface area contributed by atoms with Gasteiger partial charge in [0.05, 0.1) is 23.5 Å². The largest absolute Gasteiger partial charge is 0.489 e. The van der Waals surface area contributed by atoms with Gasteiger partial charge >= 0.3 is 0 Å². The highest BCUT2D eigenvalue weighted by atomic mass is 19.3. The molecule has 1 saturated carbocycles. The molecule has 1 atom stereocenters. The molecule has 320 valence electrons. The number of rotatable bonds is 11. The summed E-state index contributed by atoms with van der Waals surface area (Å²) < 4.78 is 39.4. The van der Waals surface area contributed by atoms with E-state index in [4.69, 9.17) is 9.47 Å². The molecule has 6 heterocycles. The first-order valence-electron chi connectivity index (χ1n) is 20.6. The predicted octanol–water partition coefficient (Wildman–Crippen LogP) is 6.48. The number of carbonyl (C=O) groups is 4. The first-order chi connectivity index (χ1) is 29.5. The van der Waals surface area contributed by atoms with Crippen molar-refractivity contribution in [2.24, 2.45) is 0 Å². The first-order valence-corrected chi connectivity index (χ1v) is 20.6. The monoisotopic (exact) mass is 836 g/mol. The van der Waals surface area contributed by atoms with Crippen LogP contribution in [-0.4, -0.2) is 104 Å². The van der Waals surface area contributed by atoms with E-state index < -0.39 is 17.9 Å². The Labute approximate surface area is 351 Å². The fourth-order valence-corrected chi connectivity index (χ4v) is 7.94. The molecule has 3 aliphatic rings. The van der Waals surface area contributed by atoms with E-state index in [2.05, 4.69) is 43.7 Å². The van der Waals surface area contributed by atoms with Gasteiger partial charge in [-0.3, -0.25) is 19.2 Å². The first kappa shape index (κ1) is 42.5. The zero-order valence-electron chi connectivity index (χ0n) is 33.8. The van der Waals surface area contributed by atoms with Gasteiger partial charge in [-0.15, -0.1) is 0 Å². The third-order valence-corrected chi connectivity index (χ3v) is 11.2. The van der Waals surface area contributed by atoms with Gasteiger partial charge in [0, 0.05) is 100 Å². The summed E-state index contributed by atoms with van der Waals surface area (Å²) in [6, 6.07) is 12.8. The summed E-state index contributed by atoms with van der Waals surface area (Å²) in [7, 11) is 0. The molecule has 1 aliphatic carbocycles. The molecule has 1 unspecified atom stereocenters. The van der Waals surface area contributed by atoms with E-state index in [-0.39, 0.29) is 42.8 Å². The lowest BCUT2D eigenvalue weighted by Gasteiger charge is -2.31. The van der Waals surface area contributed by atoms with Crippen molar-refractivity contribution in [3.8, 4) is 11.5 Å². The van der Waals surface area contributed by atoms with E-state index in [1.54, 1.807) is 34.5 Å². The number of H-pyrrole nitrogens is 2. The van der Waals surface area contributed by atoms with Crippen LogP contribution in [0.3, 0.4) is 0 Å². The molecule has 14 nitrogen and oxygen atoms in total. The van der Waals surface area contributed by atoms with Crippen LogP contribution in [0.4, 0.5) is 8.78 Å². The highest BCUT2D eigenvalue weighted by Gasteiger charge is 2.37. The number of hydrogen-bond acceptors (Lipinski definition) is 8. The number of alkyl halides is 2. The average molecular weight is 837 g/mol. The molecule has 0 radical (unpaired) electrons. The number of halogens is 2. The second-order valence-electron chi connectivity index (χ2n) is 15.5. The van der Waals surface area contributed by atoms with Crippen LogP contribution in [0.1, 0.15) is 77.6 Å². The summed E-state index contributed by atoms with van der Waals surface area (Å²) in [5.74, 6) is -2.28. The molecule has 1 aromatic carbocycles. The number of benzene rings is 1. The summed E-state index contributed by atoms with van der Waals surface area (Å²) in [4.78, 5) is 67.0. The van der Waals surface area contributed by atoms with Crippen LogP contribution in [0, 0.1) is 0 Å². The van der Waals surface area contributed by atoms with Gasteiger partial charge < -0.3 is 39.9 Å². The maximum Gasteiger partial charge on any atom is 0.253 e. The van der Waals surface area contributed by atoms with Crippen LogP contribution in [0.2, 0.25) is 0 Å². The van der Waals surface area contributed by atoms with Gasteiger partial charge in [0.1, 0.15) is 35.0 Å². The molecule has 0 spiro atoms.